The van der Waals surface area contributed by atoms with Gasteiger partial charge in [0.15, 0.2) is 0 Å². The molecule has 2 aromatic rings. The van der Waals surface area contributed by atoms with Gasteiger partial charge in [-0.05, 0) is 12.1 Å². The normalized spacial score (nSPS) is 10.4. The van der Waals surface area contributed by atoms with Crippen LogP contribution in [-0.4, -0.2) is 14.7 Å². The lowest BCUT2D eigenvalue weighted by Crippen LogP contribution is -2.04. The summed E-state index contributed by atoms with van der Waals surface area (Å²) >= 11 is 0. The van der Waals surface area contributed by atoms with Crippen LogP contribution in [0.15, 0.2) is 28.8 Å². The first-order valence-corrected chi connectivity index (χ1v) is 4.17. The first kappa shape index (κ1) is 9.25. The van der Waals surface area contributed by atoms with Gasteiger partial charge in [-0.15, -0.1) is 0 Å². The Labute approximate surface area is 84.2 Å². The third-order valence-electron chi connectivity index (χ3n) is 1.88. The van der Waals surface area contributed by atoms with Crippen LogP contribution in [0.25, 0.3) is 0 Å². The van der Waals surface area contributed by atoms with Crippen molar-refractivity contribution in [3.8, 4) is 0 Å². The van der Waals surface area contributed by atoms with Gasteiger partial charge in [0, 0.05) is 0 Å². The molecule has 0 aliphatic carbocycles. The van der Waals surface area contributed by atoms with Crippen molar-refractivity contribution < 1.29 is 9.34 Å². The zero-order chi connectivity index (χ0) is 10.8. The number of nitrogens with two attached hydrogens (primary N) is 1. The van der Waals surface area contributed by atoms with Gasteiger partial charge in [-0.2, -0.15) is 5.10 Å². The van der Waals surface area contributed by atoms with Crippen molar-refractivity contribution in [2.24, 2.45) is 0 Å². The maximum absolute atomic E-state index is 10.3. The molecule has 2 aromatic heterocycles. The van der Waals surface area contributed by atoms with Crippen LogP contribution >= 0.6 is 0 Å². The Morgan fingerprint density at radius 1 is 1.53 bits per heavy atom. The Morgan fingerprint density at radius 2 is 2.33 bits per heavy atom. The van der Waals surface area contributed by atoms with Crippen LogP contribution in [0.4, 0.5) is 11.7 Å². The molecule has 0 saturated heterocycles. The highest BCUT2D eigenvalue weighted by molar-refractivity contribution is 5.27. The molecular weight excluding hydrogens is 200 g/mol. The van der Waals surface area contributed by atoms with Gasteiger partial charge in [-0.3, -0.25) is 10.1 Å². The third-order valence-corrected chi connectivity index (χ3v) is 1.88. The minimum Gasteiger partial charge on any atom is -0.404 e. The number of hydrogen-bond acceptors (Lipinski definition) is 5. The standard InChI is InChI=1S/C8H8N4O3/c9-7-3-4-10-11(7)5-6-1-2-8(15-6)12(13)14/h1-4H,5,9H2. The fourth-order valence-electron chi connectivity index (χ4n) is 1.17. The predicted molar refractivity (Wildman–Crippen MR) is 51.1 cm³/mol. The third kappa shape index (κ3) is 1.80. The van der Waals surface area contributed by atoms with Gasteiger partial charge in [0.1, 0.15) is 23.0 Å². The Kier molecular flexibility index (Phi) is 2.13. The molecule has 0 saturated carbocycles. The average molecular weight is 208 g/mol. The molecule has 0 aliphatic rings. The lowest BCUT2D eigenvalue weighted by molar-refractivity contribution is -0.402. The fraction of sp³-hybridized carbons (Fsp3) is 0.125. The Bertz CT molecular complexity index is 488. The van der Waals surface area contributed by atoms with Crippen molar-refractivity contribution in [2.75, 3.05) is 5.73 Å². The van der Waals surface area contributed by atoms with Crippen molar-refractivity contribution in [1.29, 1.82) is 0 Å². The molecule has 7 nitrogen and oxygen atoms in total. The Morgan fingerprint density at radius 3 is 2.87 bits per heavy atom. The second-order valence-corrected chi connectivity index (χ2v) is 2.91. The van der Waals surface area contributed by atoms with Crippen LogP contribution < -0.4 is 5.73 Å². The maximum atomic E-state index is 10.3. The summed E-state index contributed by atoms with van der Waals surface area (Å²) in [5.41, 5.74) is 5.58. The predicted octanol–water partition coefficient (Wildman–Crippen LogP) is 1.01. The SMILES string of the molecule is Nc1ccnn1Cc1ccc([N+](=O)[O-])o1. The summed E-state index contributed by atoms with van der Waals surface area (Å²) < 4.78 is 6.45. The maximum Gasteiger partial charge on any atom is 0.433 e. The molecule has 0 fully saturated rings. The molecule has 0 bridgehead atoms. The highest BCUT2D eigenvalue weighted by Crippen LogP contribution is 2.17. The van der Waals surface area contributed by atoms with Crippen LogP contribution in [0, 0.1) is 10.1 Å². The number of aromatic nitrogens is 2. The molecular formula is C8H8N4O3. The van der Waals surface area contributed by atoms with Crippen molar-refractivity contribution in [3.63, 3.8) is 0 Å². The molecule has 0 amide bonds. The van der Waals surface area contributed by atoms with Crippen molar-refractivity contribution in [3.05, 3.63) is 40.3 Å². The highest BCUT2D eigenvalue weighted by atomic mass is 16.6. The quantitative estimate of drug-likeness (QED) is 0.599. The second kappa shape index (κ2) is 3.45. The van der Waals surface area contributed by atoms with Gasteiger partial charge < -0.3 is 10.2 Å². The molecule has 0 aromatic carbocycles. The molecule has 0 spiro atoms. The van der Waals surface area contributed by atoms with E-state index in [0.29, 0.717) is 11.6 Å². The number of rotatable bonds is 3. The van der Waals surface area contributed by atoms with E-state index in [2.05, 4.69) is 5.10 Å². The fourth-order valence-corrected chi connectivity index (χ4v) is 1.17. The molecule has 78 valence electrons. The van der Waals surface area contributed by atoms with E-state index in [9.17, 15) is 10.1 Å². The summed E-state index contributed by atoms with van der Waals surface area (Å²) in [6, 6.07) is 4.46. The van der Waals surface area contributed by atoms with Gasteiger partial charge in [0.05, 0.1) is 12.3 Å². The first-order chi connectivity index (χ1) is 7.16. The number of nitrogen functional groups attached to an aromatic ring is 1. The van der Waals surface area contributed by atoms with E-state index < -0.39 is 4.92 Å². The zero-order valence-electron chi connectivity index (χ0n) is 7.66. The number of nitro groups is 1. The van der Waals surface area contributed by atoms with Crippen LogP contribution in [0.1, 0.15) is 5.76 Å². The van der Waals surface area contributed by atoms with E-state index in [1.807, 2.05) is 0 Å². The molecule has 0 atom stereocenters. The molecule has 7 heteroatoms. The monoisotopic (exact) mass is 208 g/mol. The van der Waals surface area contributed by atoms with Crippen LogP contribution in [0.3, 0.4) is 0 Å². The molecule has 0 unspecified atom stereocenters. The summed E-state index contributed by atoms with van der Waals surface area (Å²) in [5, 5.41) is 14.3. The number of furan rings is 1. The van der Waals surface area contributed by atoms with Gasteiger partial charge >= 0.3 is 5.88 Å². The Hall–Kier alpha value is -2.31. The Balaban J connectivity index is 2.18. The second-order valence-electron chi connectivity index (χ2n) is 2.91. The van der Waals surface area contributed by atoms with Crippen LogP contribution in [0.5, 0.6) is 0 Å². The van der Waals surface area contributed by atoms with Gasteiger partial charge in [-0.1, -0.05) is 0 Å². The van der Waals surface area contributed by atoms with E-state index in [0.717, 1.165) is 0 Å². The van der Waals surface area contributed by atoms with Crippen molar-refractivity contribution >= 4 is 11.7 Å². The van der Waals surface area contributed by atoms with Crippen molar-refractivity contribution in [2.45, 2.75) is 6.54 Å². The summed E-state index contributed by atoms with van der Waals surface area (Å²) in [7, 11) is 0. The lowest BCUT2D eigenvalue weighted by atomic mass is 10.4. The topological polar surface area (TPSA) is 100 Å². The van der Waals surface area contributed by atoms with E-state index in [1.54, 1.807) is 12.3 Å². The van der Waals surface area contributed by atoms with E-state index in [1.165, 1.54) is 16.8 Å². The largest absolute Gasteiger partial charge is 0.433 e. The van der Waals surface area contributed by atoms with Gasteiger partial charge in [-0.25, -0.2) is 4.68 Å². The van der Waals surface area contributed by atoms with E-state index >= 15 is 0 Å². The van der Waals surface area contributed by atoms with Crippen LogP contribution in [-0.2, 0) is 6.54 Å². The molecule has 2 heterocycles. The summed E-state index contributed by atoms with van der Waals surface area (Å²) in [6.07, 6.45) is 1.55. The summed E-state index contributed by atoms with van der Waals surface area (Å²) in [4.78, 5) is 9.76. The molecule has 0 aliphatic heterocycles. The first-order valence-electron chi connectivity index (χ1n) is 4.17. The number of anilines is 1. The lowest BCUT2D eigenvalue weighted by Gasteiger charge is -1.99. The van der Waals surface area contributed by atoms with Crippen LogP contribution in [0.2, 0.25) is 0 Å². The van der Waals surface area contributed by atoms with E-state index in [-0.39, 0.29) is 12.4 Å². The average Bonchev–Trinajstić information content (AvgIpc) is 2.77. The smallest absolute Gasteiger partial charge is 0.404 e. The molecule has 2 N–H and O–H groups in total. The number of nitrogens with zero attached hydrogens (tertiary/aromatic N) is 3. The minimum absolute atomic E-state index is 0.282. The highest BCUT2D eigenvalue weighted by Gasteiger charge is 2.12. The van der Waals surface area contributed by atoms with Gasteiger partial charge in [0.25, 0.3) is 0 Å². The minimum atomic E-state index is -0.587. The molecule has 15 heavy (non-hydrogen) atoms. The molecule has 0 radical (unpaired) electrons. The zero-order valence-corrected chi connectivity index (χ0v) is 7.66. The molecule has 2 rings (SSSR count). The number of hydrogen-bond donors (Lipinski definition) is 1. The summed E-state index contributed by atoms with van der Waals surface area (Å²) in [6.45, 7) is 0.284. The van der Waals surface area contributed by atoms with Gasteiger partial charge in [0.2, 0.25) is 0 Å². The summed E-state index contributed by atoms with van der Waals surface area (Å²) in [5.74, 6) is 0.641. The van der Waals surface area contributed by atoms with E-state index in [4.69, 9.17) is 10.2 Å². The van der Waals surface area contributed by atoms with Crippen molar-refractivity contribution in [1.82, 2.24) is 9.78 Å².